The number of anilines is 1. The van der Waals surface area contributed by atoms with E-state index in [-0.39, 0.29) is 0 Å². The third kappa shape index (κ3) is 4.08. The van der Waals surface area contributed by atoms with Crippen molar-refractivity contribution < 1.29 is 0 Å². The van der Waals surface area contributed by atoms with Crippen LogP contribution in [0.5, 0.6) is 0 Å². The highest BCUT2D eigenvalue weighted by Gasteiger charge is 2.19. The van der Waals surface area contributed by atoms with Crippen LogP contribution in [-0.2, 0) is 6.42 Å². The summed E-state index contributed by atoms with van der Waals surface area (Å²) in [5.74, 6) is 0. The first kappa shape index (κ1) is 16.3. The van der Waals surface area contributed by atoms with Crippen LogP contribution in [0.25, 0.3) is 5.69 Å². The van der Waals surface area contributed by atoms with Crippen LogP contribution in [0.15, 0.2) is 54.3 Å². The van der Waals surface area contributed by atoms with Gasteiger partial charge in [-0.25, -0.2) is 9.67 Å². The Morgan fingerprint density at radius 3 is 2.76 bits per heavy atom. The first-order chi connectivity index (χ1) is 12.4. The zero-order valence-corrected chi connectivity index (χ0v) is 15.0. The molecule has 0 bridgehead atoms. The fraction of sp³-hybridized carbons (Fsp3) is 0.368. The fourth-order valence-corrected chi connectivity index (χ4v) is 3.98. The molecule has 0 saturated carbocycles. The summed E-state index contributed by atoms with van der Waals surface area (Å²) >= 11 is 1.74. The average Bonchev–Trinajstić information content (AvgIpc) is 3.37. The van der Waals surface area contributed by atoms with Crippen molar-refractivity contribution in [1.82, 2.24) is 20.1 Å². The smallest absolute Gasteiger partial charge is 0.0937 e. The average molecular weight is 353 g/mol. The number of benzene rings is 1. The summed E-state index contributed by atoms with van der Waals surface area (Å²) in [5.41, 5.74) is 2.40. The standard InChI is InChI=1S/C19H23N5S/c1-3-17(15-18(4-1)24-11-2-8-22-24)23-12-6-16(7-13-23)20-9-5-19-21-10-14-25-19/h1-4,8,10-11,14-16,20H,5-7,9,12-13H2. The van der Waals surface area contributed by atoms with E-state index in [1.165, 1.54) is 23.5 Å². The van der Waals surface area contributed by atoms with Gasteiger partial charge in [0.25, 0.3) is 0 Å². The van der Waals surface area contributed by atoms with Crippen molar-refractivity contribution >= 4 is 17.0 Å². The predicted octanol–water partition coefficient (Wildman–Crippen LogP) is 3.13. The first-order valence-electron chi connectivity index (χ1n) is 8.85. The maximum absolute atomic E-state index is 4.34. The quantitative estimate of drug-likeness (QED) is 0.740. The number of hydrogen-bond acceptors (Lipinski definition) is 5. The van der Waals surface area contributed by atoms with Gasteiger partial charge in [0.05, 0.1) is 10.7 Å². The number of nitrogens with zero attached hydrogens (tertiary/aromatic N) is 4. The summed E-state index contributed by atoms with van der Waals surface area (Å²) in [4.78, 5) is 6.82. The Kier molecular flexibility index (Phi) is 5.09. The molecule has 1 saturated heterocycles. The maximum Gasteiger partial charge on any atom is 0.0937 e. The molecule has 0 unspecified atom stereocenters. The molecule has 25 heavy (non-hydrogen) atoms. The van der Waals surface area contributed by atoms with Gasteiger partial charge in [0.2, 0.25) is 0 Å². The molecule has 1 aromatic carbocycles. The van der Waals surface area contributed by atoms with E-state index in [2.05, 4.69) is 44.6 Å². The lowest BCUT2D eigenvalue weighted by Crippen LogP contribution is -2.43. The molecule has 1 aliphatic rings. The summed E-state index contributed by atoms with van der Waals surface area (Å²) in [5, 5.41) is 11.3. The highest BCUT2D eigenvalue weighted by Crippen LogP contribution is 2.22. The second-order valence-electron chi connectivity index (χ2n) is 6.36. The van der Waals surface area contributed by atoms with Crippen LogP contribution in [0.4, 0.5) is 5.69 Å². The maximum atomic E-state index is 4.34. The van der Waals surface area contributed by atoms with Crippen LogP contribution in [0, 0.1) is 0 Å². The number of rotatable bonds is 6. The molecule has 3 heterocycles. The number of aromatic nitrogens is 3. The van der Waals surface area contributed by atoms with E-state index in [4.69, 9.17) is 0 Å². The lowest BCUT2D eigenvalue weighted by atomic mass is 10.0. The summed E-state index contributed by atoms with van der Waals surface area (Å²) in [7, 11) is 0. The Balaban J connectivity index is 1.29. The molecule has 2 aromatic heterocycles. The van der Waals surface area contributed by atoms with E-state index in [9.17, 15) is 0 Å². The van der Waals surface area contributed by atoms with Crippen LogP contribution in [0.3, 0.4) is 0 Å². The molecule has 3 aromatic rings. The lowest BCUT2D eigenvalue weighted by molar-refractivity contribution is 0.417. The number of thiazole rings is 1. The lowest BCUT2D eigenvalue weighted by Gasteiger charge is -2.34. The molecular formula is C19H23N5S. The van der Waals surface area contributed by atoms with Gasteiger partial charge in [0.15, 0.2) is 0 Å². The Morgan fingerprint density at radius 2 is 2.00 bits per heavy atom. The summed E-state index contributed by atoms with van der Waals surface area (Å²) in [6.45, 7) is 3.21. The zero-order valence-electron chi connectivity index (χ0n) is 14.2. The molecule has 0 radical (unpaired) electrons. The van der Waals surface area contributed by atoms with Gasteiger partial charge in [0.1, 0.15) is 0 Å². The monoisotopic (exact) mass is 353 g/mol. The molecule has 130 valence electrons. The first-order valence-corrected chi connectivity index (χ1v) is 9.73. The van der Waals surface area contributed by atoms with Gasteiger partial charge in [-0.1, -0.05) is 6.07 Å². The third-order valence-electron chi connectivity index (χ3n) is 4.71. The second kappa shape index (κ2) is 7.80. The van der Waals surface area contributed by atoms with E-state index in [0.717, 1.165) is 31.7 Å². The fourth-order valence-electron chi connectivity index (χ4n) is 3.36. The van der Waals surface area contributed by atoms with Gasteiger partial charge < -0.3 is 10.2 Å². The largest absolute Gasteiger partial charge is 0.371 e. The second-order valence-corrected chi connectivity index (χ2v) is 7.34. The third-order valence-corrected chi connectivity index (χ3v) is 5.55. The number of hydrogen-bond donors (Lipinski definition) is 1. The molecule has 1 aliphatic heterocycles. The molecule has 0 amide bonds. The van der Waals surface area contributed by atoms with Crippen molar-refractivity contribution in [2.45, 2.75) is 25.3 Å². The highest BCUT2D eigenvalue weighted by atomic mass is 32.1. The Morgan fingerprint density at radius 1 is 1.12 bits per heavy atom. The van der Waals surface area contributed by atoms with Gasteiger partial charge in [-0.2, -0.15) is 5.10 Å². The van der Waals surface area contributed by atoms with Crippen molar-refractivity contribution in [3.63, 3.8) is 0 Å². The van der Waals surface area contributed by atoms with Crippen LogP contribution < -0.4 is 10.2 Å². The van der Waals surface area contributed by atoms with Crippen LogP contribution in [0.2, 0.25) is 0 Å². The summed E-state index contributed by atoms with van der Waals surface area (Å²) in [6, 6.07) is 11.2. The van der Waals surface area contributed by atoms with Crippen molar-refractivity contribution in [3.8, 4) is 5.69 Å². The molecule has 0 atom stereocenters. The Hall–Kier alpha value is -2.18. The topological polar surface area (TPSA) is 46.0 Å². The van der Waals surface area contributed by atoms with Gasteiger partial charge in [-0.05, 0) is 37.1 Å². The van der Waals surface area contributed by atoms with Crippen molar-refractivity contribution in [2.75, 3.05) is 24.5 Å². The summed E-state index contributed by atoms with van der Waals surface area (Å²) in [6.07, 6.45) is 9.08. The zero-order chi connectivity index (χ0) is 16.9. The van der Waals surface area contributed by atoms with Gasteiger partial charge >= 0.3 is 0 Å². The van der Waals surface area contributed by atoms with Crippen molar-refractivity contribution in [2.24, 2.45) is 0 Å². The molecule has 5 nitrogen and oxygen atoms in total. The Bertz CT molecular complexity index is 761. The van der Waals surface area contributed by atoms with Crippen LogP contribution in [-0.4, -0.2) is 40.4 Å². The molecule has 0 spiro atoms. The van der Waals surface area contributed by atoms with Crippen molar-refractivity contribution in [1.29, 1.82) is 0 Å². The SMILES string of the molecule is c1cc(N2CCC(NCCc3nccs3)CC2)cc(-n2cccn2)c1. The van der Waals surface area contributed by atoms with E-state index in [0.29, 0.717) is 6.04 Å². The minimum absolute atomic E-state index is 0.616. The van der Waals surface area contributed by atoms with E-state index in [1.54, 1.807) is 11.3 Å². The molecule has 0 aliphatic carbocycles. The minimum atomic E-state index is 0.616. The summed E-state index contributed by atoms with van der Waals surface area (Å²) < 4.78 is 1.91. The van der Waals surface area contributed by atoms with E-state index >= 15 is 0 Å². The number of nitrogens with one attached hydrogen (secondary N) is 1. The highest BCUT2D eigenvalue weighted by molar-refractivity contribution is 7.09. The van der Waals surface area contributed by atoms with Crippen LogP contribution >= 0.6 is 11.3 Å². The normalized spacial score (nSPS) is 15.6. The molecule has 1 fully saturated rings. The molecule has 1 N–H and O–H groups in total. The molecule has 4 rings (SSSR count). The van der Waals surface area contributed by atoms with E-state index in [1.807, 2.05) is 34.7 Å². The number of piperidine rings is 1. The Labute approximate surface area is 152 Å². The van der Waals surface area contributed by atoms with E-state index < -0.39 is 0 Å². The van der Waals surface area contributed by atoms with Crippen molar-refractivity contribution in [3.05, 3.63) is 59.3 Å². The minimum Gasteiger partial charge on any atom is -0.371 e. The van der Waals surface area contributed by atoms with Gasteiger partial charge in [-0.15, -0.1) is 11.3 Å². The van der Waals surface area contributed by atoms with Crippen LogP contribution in [0.1, 0.15) is 17.8 Å². The molecule has 6 heteroatoms. The van der Waals surface area contributed by atoms with Gasteiger partial charge in [-0.3, -0.25) is 0 Å². The molecular weight excluding hydrogens is 330 g/mol. The van der Waals surface area contributed by atoms with Gasteiger partial charge in [0, 0.05) is 61.8 Å². The predicted molar refractivity (Wildman–Crippen MR) is 103 cm³/mol.